The van der Waals surface area contributed by atoms with Crippen molar-refractivity contribution in [3.63, 3.8) is 0 Å². The van der Waals surface area contributed by atoms with Crippen LogP contribution in [-0.2, 0) is 0 Å². The number of rotatable bonds is 7. The summed E-state index contributed by atoms with van der Waals surface area (Å²) in [4.78, 5) is 16.3. The van der Waals surface area contributed by atoms with E-state index in [9.17, 15) is 0 Å². The van der Waals surface area contributed by atoms with E-state index < -0.39 is 0 Å². The average Bonchev–Trinajstić information content (AvgIpc) is 4.33. The second-order valence-corrected chi connectivity index (χ2v) is 21.7. The van der Waals surface area contributed by atoms with E-state index in [0.29, 0.717) is 17.5 Å². The summed E-state index contributed by atoms with van der Waals surface area (Å²) in [5.74, 6) is 1.86. The minimum atomic E-state index is 0.604. The Hall–Kier alpha value is -9.53. The van der Waals surface area contributed by atoms with Gasteiger partial charge < -0.3 is 9.13 Å². The van der Waals surface area contributed by atoms with Crippen LogP contribution in [0.25, 0.3) is 152 Å². The highest BCUT2D eigenvalue weighted by molar-refractivity contribution is 7.26. The molecule has 11 aromatic carbocycles. The molecule has 7 heteroatoms. The summed E-state index contributed by atoms with van der Waals surface area (Å²) in [6, 6.07) is 90.0. The van der Waals surface area contributed by atoms with Crippen LogP contribution in [-0.4, -0.2) is 24.1 Å². The van der Waals surface area contributed by atoms with Gasteiger partial charge in [-0.05, 0) is 83.9 Å². The summed E-state index contributed by atoms with van der Waals surface area (Å²) in [6.07, 6.45) is 0. The first kappa shape index (κ1) is 42.9. The fraction of sp³-hybridized carbons (Fsp3) is 0. The molecule has 5 heterocycles. The zero-order valence-corrected chi connectivity index (χ0v) is 42.4. The maximum absolute atomic E-state index is 5.47. The lowest BCUT2D eigenvalue weighted by atomic mass is 9.92. The number of thiophene rings is 2. The van der Waals surface area contributed by atoms with E-state index in [1.54, 1.807) is 22.7 Å². The molecular weight excluding hydrogens is 963 g/mol. The highest BCUT2D eigenvalue weighted by Crippen LogP contribution is 2.46. The SMILES string of the molecule is c1ccc(-c2cc(-c3nc(-c4ccc5c(c4)sc4ccccc45)nc(-c4ccc5c(c4)sc4ccccc45)n3)cc(-c3ccccc3)c2-n2c3ccccc3c3cc(-n4c5ccccc5c5ccccc54)ccc32)cc1. The predicted molar refractivity (Wildman–Crippen MR) is 321 cm³/mol. The number of fused-ring (bicyclic) bond motifs is 12. The van der Waals surface area contributed by atoms with Crippen LogP contribution < -0.4 is 0 Å². The molecular formula is C69H41N5S2. The molecule has 0 fully saturated rings. The van der Waals surface area contributed by atoms with Gasteiger partial charge in [-0.3, -0.25) is 0 Å². The van der Waals surface area contributed by atoms with E-state index in [2.05, 4.69) is 258 Å². The smallest absolute Gasteiger partial charge is 0.164 e. The second-order valence-electron chi connectivity index (χ2n) is 19.5. The highest BCUT2D eigenvalue weighted by atomic mass is 32.1. The van der Waals surface area contributed by atoms with E-state index in [-0.39, 0.29) is 0 Å². The van der Waals surface area contributed by atoms with Crippen LogP contribution >= 0.6 is 22.7 Å². The lowest BCUT2D eigenvalue weighted by Gasteiger charge is -2.21. The van der Waals surface area contributed by atoms with Gasteiger partial charge in [-0.2, -0.15) is 0 Å². The molecule has 16 rings (SSSR count). The van der Waals surface area contributed by atoms with E-state index in [0.717, 1.165) is 61.4 Å². The van der Waals surface area contributed by atoms with Crippen LogP contribution in [0, 0.1) is 0 Å². The van der Waals surface area contributed by atoms with Crippen molar-refractivity contribution in [1.29, 1.82) is 0 Å². The van der Waals surface area contributed by atoms with Crippen molar-refractivity contribution in [1.82, 2.24) is 24.1 Å². The number of nitrogens with zero attached hydrogens (tertiary/aromatic N) is 5. The molecule has 0 aliphatic carbocycles. The van der Waals surface area contributed by atoms with Crippen molar-refractivity contribution in [2.45, 2.75) is 0 Å². The molecule has 0 bridgehead atoms. The molecule has 16 aromatic rings. The van der Waals surface area contributed by atoms with Crippen molar-refractivity contribution >= 4 is 107 Å². The van der Waals surface area contributed by atoms with Crippen LogP contribution in [0.2, 0.25) is 0 Å². The summed E-state index contributed by atoms with van der Waals surface area (Å²) < 4.78 is 9.82. The number of hydrogen-bond donors (Lipinski definition) is 0. The minimum Gasteiger partial charge on any atom is -0.309 e. The predicted octanol–water partition coefficient (Wildman–Crippen LogP) is 19.1. The summed E-state index contributed by atoms with van der Waals surface area (Å²) in [6.45, 7) is 0. The van der Waals surface area contributed by atoms with Crippen LogP contribution in [0.5, 0.6) is 0 Å². The van der Waals surface area contributed by atoms with Crippen molar-refractivity contribution in [2.75, 3.05) is 0 Å². The molecule has 0 atom stereocenters. The van der Waals surface area contributed by atoms with E-state index >= 15 is 0 Å². The van der Waals surface area contributed by atoms with Gasteiger partial charge in [-0.1, -0.05) is 176 Å². The Balaban J connectivity index is 0.957. The summed E-state index contributed by atoms with van der Waals surface area (Å²) in [5, 5.41) is 9.83. The molecule has 354 valence electrons. The Bertz CT molecular complexity index is 4760. The molecule has 76 heavy (non-hydrogen) atoms. The monoisotopic (exact) mass is 1000 g/mol. The van der Waals surface area contributed by atoms with E-state index in [1.807, 2.05) is 0 Å². The van der Waals surface area contributed by atoms with Crippen molar-refractivity contribution in [3.8, 4) is 67.8 Å². The number of aromatic nitrogens is 5. The van der Waals surface area contributed by atoms with Crippen LogP contribution in [0.4, 0.5) is 0 Å². The molecule has 5 nitrogen and oxygen atoms in total. The standard InChI is InChI=1S/C69H41N5S2/c1-3-17-42(18-4-1)55-37-46(69-71-67(44-31-34-53-51-24-10-15-29-62(51)75-64(53)39-44)70-68(72-69)45-32-35-54-52-25-11-16-30-63(52)76-65(54)40-45)38-56(43-19-5-2-6-20-43)66(55)74-60-28-14-9-23-50(60)57-41-47(33-36-61(57)74)73-58-26-12-7-21-48(58)49-22-8-13-27-59(49)73/h1-41H. The van der Waals surface area contributed by atoms with Crippen molar-refractivity contribution < 1.29 is 0 Å². The maximum Gasteiger partial charge on any atom is 0.164 e. The van der Waals surface area contributed by atoms with Gasteiger partial charge in [0, 0.05) is 95.4 Å². The van der Waals surface area contributed by atoms with Gasteiger partial charge in [0.15, 0.2) is 17.5 Å². The Morgan fingerprint density at radius 3 is 1.16 bits per heavy atom. The highest BCUT2D eigenvalue weighted by Gasteiger charge is 2.24. The first-order valence-electron chi connectivity index (χ1n) is 25.6. The Morgan fingerprint density at radius 2 is 0.645 bits per heavy atom. The lowest BCUT2D eigenvalue weighted by Crippen LogP contribution is -2.04. The maximum atomic E-state index is 5.47. The quantitative estimate of drug-likeness (QED) is 0.160. The lowest BCUT2D eigenvalue weighted by molar-refractivity contribution is 1.07. The third-order valence-corrected chi connectivity index (χ3v) is 17.4. The number of benzene rings is 11. The molecule has 0 N–H and O–H groups in total. The molecule has 0 amide bonds. The van der Waals surface area contributed by atoms with Gasteiger partial charge in [0.05, 0.1) is 27.8 Å². The third-order valence-electron chi connectivity index (χ3n) is 15.2. The fourth-order valence-corrected chi connectivity index (χ4v) is 14.0. The minimum absolute atomic E-state index is 0.604. The zero-order valence-electron chi connectivity index (χ0n) is 40.7. The number of para-hydroxylation sites is 3. The second kappa shape index (κ2) is 17.0. The molecule has 5 aromatic heterocycles. The molecule has 0 unspecified atom stereocenters. The van der Waals surface area contributed by atoms with Gasteiger partial charge in [0.2, 0.25) is 0 Å². The van der Waals surface area contributed by atoms with Crippen molar-refractivity contribution in [2.24, 2.45) is 0 Å². The van der Waals surface area contributed by atoms with Crippen molar-refractivity contribution in [3.05, 3.63) is 249 Å². The average molecular weight is 1000 g/mol. The Labute approximate surface area is 444 Å². The Morgan fingerprint density at radius 1 is 0.250 bits per heavy atom. The normalized spacial score (nSPS) is 11.9. The topological polar surface area (TPSA) is 48.5 Å². The van der Waals surface area contributed by atoms with Crippen LogP contribution in [0.15, 0.2) is 249 Å². The van der Waals surface area contributed by atoms with E-state index in [1.165, 1.54) is 72.9 Å². The molecule has 0 saturated heterocycles. The first-order chi connectivity index (χ1) is 37.7. The van der Waals surface area contributed by atoms with Crippen LogP contribution in [0.3, 0.4) is 0 Å². The summed E-state index contributed by atoms with van der Waals surface area (Å²) >= 11 is 3.61. The first-order valence-corrected chi connectivity index (χ1v) is 27.2. The van der Waals surface area contributed by atoms with Gasteiger partial charge in [-0.15, -0.1) is 22.7 Å². The largest absolute Gasteiger partial charge is 0.309 e. The Kier molecular flexibility index (Phi) is 9.61. The van der Waals surface area contributed by atoms with Crippen LogP contribution in [0.1, 0.15) is 0 Å². The van der Waals surface area contributed by atoms with Gasteiger partial charge in [-0.25, -0.2) is 15.0 Å². The fourth-order valence-electron chi connectivity index (χ4n) is 11.7. The number of hydrogen-bond acceptors (Lipinski definition) is 5. The molecule has 0 radical (unpaired) electrons. The molecule has 0 aliphatic heterocycles. The summed E-state index contributed by atoms with van der Waals surface area (Å²) in [7, 11) is 0. The van der Waals surface area contributed by atoms with Gasteiger partial charge >= 0.3 is 0 Å². The molecule has 0 spiro atoms. The third kappa shape index (κ3) is 6.73. The molecule has 0 aliphatic rings. The van der Waals surface area contributed by atoms with Gasteiger partial charge in [0.25, 0.3) is 0 Å². The molecule has 0 saturated carbocycles. The van der Waals surface area contributed by atoms with Gasteiger partial charge in [0.1, 0.15) is 0 Å². The zero-order chi connectivity index (χ0) is 49.8. The van der Waals surface area contributed by atoms with E-state index in [4.69, 9.17) is 15.0 Å². The summed E-state index contributed by atoms with van der Waals surface area (Å²) in [5.41, 5.74) is 13.9.